The first-order valence-electron chi connectivity index (χ1n) is 10.2. The van der Waals surface area contributed by atoms with Crippen molar-refractivity contribution in [3.05, 3.63) is 72.8 Å². The number of benzene rings is 3. The summed E-state index contributed by atoms with van der Waals surface area (Å²) in [5, 5.41) is 3.62. The maximum absolute atomic E-state index is 6.28. The Morgan fingerprint density at radius 3 is 2.41 bits per heavy atom. The molecular formula is C24H27BN2O2. The van der Waals surface area contributed by atoms with E-state index in [4.69, 9.17) is 9.47 Å². The van der Waals surface area contributed by atoms with E-state index >= 15 is 0 Å². The van der Waals surface area contributed by atoms with Crippen LogP contribution in [0.5, 0.6) is 17.2 Å². The van der Waals surface area contributed by atoms with E-state index in [0.717, 1.165) is 35.0 Å². The zero-order valence-electron chi connectivity index (χ0n) is 17.1. The highest BCUT2D eigenvalue weighted by molar-refractivity contribution is 6.04. The summed E-state index contributed by atoms with van der Waals surface area (Å²) in [5.41, 5.74) is 3.33. The van der Waals surface area contributed by atoms with Crippen molar-refractivity contribution in [2.75, 3.05) is 25.5 Å². The summed E-state index contributed by atoms with van der Waals surface area (Å²) in [4.78, 5) is 2.43. The second kappa shape index (κ2) is 9.06. The number of methoxy groups -OCH3 is 1. The van der Waals surface area contributed by atoms with Crippen molar-refractivity contribution in [3.63, 3.8) is 0 Å². The van der Waals surface area contributed by atoms with E-state index in [9.17, 15) is 0 Å². The summed E-state index contributed by atoms with van der Waals surface area (Å²) in [6, 6.07) is 25.0. The van der Waals surface area contributed by atoms with E-state index in [1.165, 1.54) is 24.9 Å². The van der Waals surface area contributed by atoms with Gasteiger partial charge in [0.15, 0.2) is 13.7 Å². The number of nitrogens with zero attached hydrogens (tertiary/aromatic N) is 1. The van der Waals surface area contributed by atoms with Crippen LogP contribution in [0.3, 0.4) is 0 Å². The Bertz CT molecular complexity index is 931. The molecule has 0 spiro atoms. The summed E-state index contributed by atoms with van der Waals surface area (Å²) in [5.74, 6) is 2.44. The van der Waals surface area contributed by atoms with Crippen molar-refractivity contribution >= 4 is 13.7 Å². The summed E-state index contributed by atoms with van der Waals surface area (Å²) >= 11 is 0. The van der Waals surface area contributed by atoms with Crippen molar-refractivity contribution < 1.29 is 9.47 Å². The van der Waals surface area contributed by atoms with Gasteiger partial charge in [-0.3, -0.25) is 0 Å². The Morgan fingerprint density at radius 1 is 0.966 bits per heavy atom. The molecule has 1 atom stereocenters. The van der Waals surface area contributed by atoms with Crippen molar-refractivity contribution in [2.45, 2.75) is 18.9 Å². The van der Waals surface area contributed by atoms with Crippen LogP contribution >= 0.6 is 0 Å². The fraction of sp³-hybridized carbons (Fsp3) is 0.250. The maximum atomic E-state index is 6.28. The third-order valence-electron chi connectivity index (χ3n) is 5.58. The van der Waals surface area contributed by atoms with Crippen LogP contribution in [0.15, 0.2) is 72.8 Å². The minimum absolute atomic E-state index is 0.567. The van der Waals surface area contributed by atoms with Gasteiger partial charge in [0.2, 0.25) is 0 Å². The second-order valence-electron chi connectivity index (χ2n) is 7.51. The van der Waals surface area contributed by atoms with Crippen molar-refractivity contribution in [3.8, 4) is 28.4 Å². The number of hydrogen-bond acceptors (Lipinski definition) is 4. The van der Waals surface area contributed by atoms with Crippen molar-refractivity contribution in [2.24, 2.45) is 0 Å². The number of anilines is 1. The number of ether oxygens (including phenoxy) is 2. The Morgan fingerprint density at radius 2 is 1.72 bits per heavy atom. The molecule has 3 aromatic rings. The lowest BCUT2D eigenvalue weighted by Gasteiger charge is -2.22. The van der Waals surface area contributed by atoms with Gasteiger partial charge in [0.05, 0.1) is 12.8 Å². The van der Waals surface area contributed by atoms with Crippen molar-refractivity contribution in [1.82, 2.24) is 4.81 Å². The Labute approximate surface area is 173 Å². The van der Waals surface area contributed by atoms with Crippen LogP contribution in [0, 0.1) is 0 Å². The van der Waals surface area contributed by atoms with Gasteiger partial charge < -0.3 is 19.6 Å². The molecule has 1 aliphatic heterocycles. The number of rotatable bonds is 7. The molecule has 0 aromatic heterocycles. The third-order valence-corrected chi connectivity index (χ3v) is 5.58. The van der Waals surface area contributed by atoms with Gasteiger partial charge in [-0.15, -0.1) is 0 Å². The Hall–Kier alpha value is -2.92. The molecule has 1 heterocycles. The monoisotopic (exact) mass is 386 g/mol. The summed E-state index contributed by atoms with van der Waals surface area (Å²) in [7, 11) is 3.87. The van der Waals surface area contributed by atoms with Crippen molar-refractivity contribution in [1.29, 1.82) is 0 Å². The molecule has 1 saturated heterocycles. The molecule has 148 valence electrons. The van der Waals surface area contributed by atoms with Gasteiger partial charge in [0.25, 0.3) is 0 Å². The highest BCUT2D eigenvalue weighted by Crippen LogP contribution is 2.35. The van der Waals surface area contributed by atoms with E-state index < -0.39 is 0 Å². The Balaban J connectivity index is 1.59. The van der Waals surface area contributed by atoms with Crippen LogP contribution in [0.25, 0.3) is 11.1 Å². The molecule has 0 aliphatic carbocycles. The predicted molar refractivity (Wildman–Crippen MR) is 122 cm³/mol. The van der Waals surface area contributed by atoms with E-state index in [1.54, 1.807) is 7.11 Å². The number of nitrogens with one attached hydrogen (secondary N) is 1. The first-order valence-corrected chi connectivity index (χ1v) is 10.2. The fourth-order valence-electron chi connectivity index (χ4n) is 3.80. The predicted octanol–water partition coefficient (Wildman–Crippen LogP) is 4.58. The molecule has 0 unspecified atom stereocenters. The lowest BCUT2D eigenvalue weighted by molar-refractivity contribution is 0.413. The van der Waals surface area contributed by atoms with Crippen LogP contribution in [0.4, 0.5) is 5.69 Å². The molecule has 4 rings (SSSR count). The van der Waals surface area contributed by atoms with Crippen LogP contribution in [0.2, 0.25) is 0 Å². The van der Waals surface area contributed by atoms with Crippen LogP contribution in [-0.2, 0) is 0 Å². The molecule has 1 N–H and O–H groups in total. The molecule has 0 saturated carbocycles. The van der Waals surface area contributed by atoms with Crippen LogP contribution < -0.4 is 14.8 Å². The maximum Gasteiger partial charge on any atom is 0.185 e. The first-order chi connectivity index (χ1) is 14.2. The highest BCUT2D eigenvalue weighted by atomic mass is 16.5. The third kappa shape index (κ3) is 4.74. The van der Waals surface area contributed by atoms with Gasteiger partial charge in [0.1, 0.15) is 11.5 Å². The van der Waals surface area contributed by atoms with Gasteiger partial charge in [-0.1, -0.05) is 36.4 Å². The molecule has 0 bridgehead atoms. The molecule has 0 amide bonds. The van der Waals surface area contributed by atoms with Crippen LogP contribution in [-0.4, -0.2) is 39.0 Å². The molecule has 0 radical (unpaired) electrons. The fourth-order valence-corrected chi connectivity index (χ4v) is 3.80. The van der Waals surface area contributed by atoms with Gasteiger partial charge in [0, 0.05) is 12.6 Å². The molecule has 29 heavy (non-hydrogen) atoms. The minimum Gasteiger partial charge on any atom is -0.497 e. The molecule has 1 fully saturated rings. The summed E-state index contributed by atoms with van der Waals surface area (Å²) < 4.78 is 11.5. The second-order valence-corrected chi connectivity index (χ2v) is 7.51. The smallest absolute Gasteiger partial charge is 0.185 e. The van der Waals surface area contributed by atoms with Crippen LogP contribution in [0.1, 0.15) is 12.8 Å². The minimum atomic E-state index is 0.567. The van der Waals surface area contributed by atoms with Gasteiger partial charge in [-0.05, 0) is 66.9 Å². The lowest BCUT2D eigenvalue weighted by atomic mass is 10.0. The van der Waals surface area contributed by atoms with E-state index in [1.807, 2.05) is 30.3 Å². The average Bonchev–Trinajstić information content (AvgIpc) is 3.18. The quantitative estimate of drug-likeness (QED) is 0.603. The summed E-state index contributed by atoms with van der Waals surface area (Å²) in [6.07, 6.45) is 2.51. The van der Waals surface area contributed by atoms with E-state index in [0.29, 0.717) is 6.04 Å². The average molecular weight is 386 g/mol. The largest absolute Gasteiger partial charge is 0.497 e. The Kier molecular flexibility index (Phi) is 6.06. The molecule has 3 aromatic carbocycles. The highest BCUT2D eigenvalue weighted by Gasteiger charge is 2.20. The molecule has 4 nitrogen and oxygen atoms in total. The van der Waals surface area contributed by atoms with Gasteiger partial charge in [-0.2, -0.15) is 0 Å². The van der Waals surface area contributed by atoms with E-state index in [2.05, 4.69) is 60.6 Å². The molecule has 1 aliphatic rings. The number of hydrogen-bond donors (Lipinski definition) is 1. The standard InChI is InChI=1S/C24H27BN2O2/c1-28-21-10-12-22(13-11-21)29-24-16-19(18-6-3-2-4-7-18)9-14-23(24)26-17-20-8-5-15-27(20)25/h2-4,6-7,9-14,16,20,26H,5,8,15,17,25H2,1H3/t20-/m0/s1. The normalized spacial score (nSPS) is 16.5. The summed E-state index contributed by atoms with van der Waals surface area (Å²) in [6.45, 7) is 2.09. The van der Waals surface area contributed by atoms with Gasteiger partial charge in [-0.25, -0.2) is 0 Å². The first kappa shape index (κ1) is 19.4. The zero-order valence-corrected chi connectivity index (χ0v) is 17.1. The van der Waals surface area contributed by atoms with E-state index in [-0.39, 0.29) is 0 Å². The molecule has 5 heteroatoms. The lowest BCUT2D eigenvalue weighted by Crippen LogP contribution is -2.32. The molecular weight excluding hydrogens is 359 g/mol. The SMILES string of the molecule is BN1CCC[C@H]1CNc1ccc(-c2ccccc2)cc1Oc1ccc(OC)cc1. The van der Waals surface area contributed by atoms with Gasteiger partial charge >= 0.3 is 0 Å². The topological polar surface area (TPSA) is 33.7 Å². The zero-order chi connectivity index (χ0) is 20.1.